The molecule has 194 valence electrons. The maximum Gasteiger partial charge on any atom is 0.267 e. The van der Waals surface area contributed by atoms with Crippen LogP contribution in [0.4, 0.5) is 11.4 Å². The maximum absolute atomic E-state index is 12.9. The number of hydrogen-bond acceptors (Lipinski definition) is 6. The predicted molar refractivity (Wildman–Crippen MR) is 140 cm³/mol. The summed E-state index contributed by atoms with van der Waals surface area (Å²) in [7, 11) is 0. The van der Waals surface area contributed by atoms with Crippen LogP contribution in [0.2, 0.25) is 0 Å². The number of fused-ring (bicyclic) bond motifs is 2. The van der Waals surface area contributed by atoms with Crippen LogP contribution in [0.3, 0.4) is 0 Å². The van der Waals surface area contributed by atoms with Crippen molar-refractivity contribution in [2.24, 2.45) is 0 Å². The summed E-state index contributed by atoms with van der Waals surface area (Å²) in [5.74, 6) is -0.0226. The fourth-order valence-electron chi connectivity index (χ4n) is 4.52. The molecule has 1 atom stereocenters. The van der Waals surface area contributed by atoms with Crippen LogP contribution in [0.25, 0.3) is 0 Å². The van der Waals surface area contributed by atoms with Gasteiger partial charge in [0.15, 0.2) is 6.10 Å². The molecule has 4 amide bonds. The molecule has 2 heterocycles. The van der Waals surface area contributed by atoms with Gasteiger partial charge in [-0.15, -0.1) is 0 Å². The molecule has 2 aliphatic heterocycles. The Balaban J connectivity index is 1.20. The van der Waals surface area contributed by atoms with Crippen LogP contribution in [0.5, 0.6) is 11.5 Å². The fraction of sp³-hybridized carbons (Fsp3) is 0.241. The molecule has 1 unspecified atom stereocenters. The van der Waals surface area contributed by atoms with Gasteiger partial charge in [-0.2, -0.15) is 0 Å². The van der Waals surface area contributed by atoms with Crippen molar-refractivity contribution in [1.82, 2.24) is 4.90 Å². The Hall–Kier alpha value is -4.66. The van der Waals surface area contributed by atoms with Crippen molar-refractivity contribution in [3.63, 3.8) is 0 Å². The highest BCUT2D eigenvalue weighted by Gasteiger charge is 2.35. The lowest BCUT2D eigenvalue weighted by Gasteiger charge is -2.33. The normalized spacial score (nSPS) is 16.1. The lowest BCUT2D eigenvalue weighted by molar-refractivity contribution is -0.125. The molecule has 0 fully saturated rings. The van der Waals surface area contributed by atoms with Gasteiger partial charge in [0.05, 0.1) is 23.4 Å². The second kappa shape index (κ2) is 10.8. The number of amides is 4. The quantitative estimate of drug-likeness (QED) is 0.344. The molecule has 9 nitrogen and oxygen atoms in total. The van der Waals surface area contributed by atoms with Gasteiger partial charge in [-0.25, -0.2) is 0 Å². The van der Waals surface area contributed by atoms with Gasteiger partial charge in [0.25, 0.3) is 17.7 Å². The zero-order valence-corrected chi connectivity index (χ0v) is 20.9. The minimum absolute atomic E-state index is 0.0320. The van der Waals surface area contributed by atoms with E-state index in [1.165, 1.54) is 0 Å². The molecule has 5 rings (SSSR count). The first-order valence-corrected chi connectivity index (χ1v) is 12.5. The minimum atomic E-state index is -0.627. The van der Waals surface area contributed by atoms with E-state index in [1.807, 2.05) is 30.3 Å². The Morgan fingerprint density at radius 3 is 2.29 bits per heavy atom. The Morgan fingerprint density at radius 2 is 1.58 bits per heavy atom. The van der Waals surface area contributed by atoms with Crippen molar-refractivity contribution in [3.8, 4) is 11.5 Å². The lowest BCUT2D eigenvalue weighted by Crippen LogP contribution is -2.45. The first kappa shape index (κ1) is 25.0. The van der Waals surface area contributed by atoms with E-state index in [4.69, 9.17) is 9.47 Å². The lowest BCUT2D eigenvalue weighted by atomic mass is 10.1. The van der Waals surface area contributed by atoms with Gasteiger partial charge in [-0.1, -0.05) is 30.3 Å². The molecule has 0 aliphatic carbocycles. The first-order valence-electron chi connectivity index (χ1n) is 12.5. The molecule has 0 radical (unpaired) electrons. The predicted octanol–water partition coefficient (Wildman–Crippen LogP) is 3.89. The van der Waals surface area contributed by atoms with Crippen molar-refractivity contribution >= 4 is 35.0 Å². The number of imide groups is 1. The number of hydrogen-bond donors (Lipinski definition) is 1. The van der Waals surface area contributed by atoms with Crippen LogP contribution in [0.15, 0.2) is 72.8 Å². The monoisotopic (exact) mass is 513 g/mol. The number of para-hydroxylation sites is 1. The standard InChI is InChI=1S/C29H27N3O6/c1-19-27(34)31(15-7-17-37-21-8-3-2-4-9-21)24-18-20(12-13-25(24)38-19)30-26(33)14-16-32-28(35)22-10-5-6-11-23(22)29(32)36/h2-6,8-13,18-19H,7,14-17H2,1H3,(H,30,33). The van der Waals surface area contributed by atoms with Crippen LogP contribution in [-0.4, -0.2) is 54.3 Å². The van der Waals surface area contributed by atoms with Crippen molar-refractivity contribution in [2.75, 3.05) is 29.9 Å². The second-order valence-electron chi connectivity index (χ2n) is 9.05. The van der Waals surface area contributed by atoms with Gasteiger partial charge in [0.1, 0.15) is 11.5 Å². The number of carbonyl (C=O) groups is 4. The molecular formula is C29H27N3O6. The van der Waals surface area contributed by atoms with Crippen LogP contribution in [-0.2, 0) is 9.59 Å². The number of ether oxygens (including phenoxy) is 2. The molecule has 0 aromatic heterocycles. The number of rotatable bonds is 9. The maximum atomic E-state index is 12.9. The van der Waals surface area contributed by atoms with E-state index in [9.17, 15) is 19.2 Å². The molecule has 9 heteroatoms. The number of anilines is 2. The summed E-state index contributed by atoms with van der Waals surface area (Å²) in [6, 6.07) is 21.2. The number of nitrogens with zero attached hydrogens (tertiary/aromatic N) is 2. The van der Waals surface area contributed by atoms with E-state index in [1.54, 1.807) is 54.3 Å². The van der Waals surface area contributed by atoms with Gasteiger partial charge in [0, 0.05) is 25.2 Å². The summed E-state index contributed by atoms with van der Waals surface area (Å²) >= 11 is 0. The Morgan fingerprint density at radius 1 is 0.895 bits per heavy atom. The van der Waals surface area contributed by atoms with E-state index in [-0.39, 0.29) is 24.8 Å². The second-order valence-corrected chi connectivity index (χ2v) is 9.05. The van der Waals surface area contributed by atoms with E-state index >= 15 is 0 Å². The number of carbonyl (C=O) groups excluding carboxylic acids is 4. The highest BCUT2D eigenvalue weighted by molar-refractivity contribution is 6.21. The summed E-state index contributed by atoms with van der Waals surface area (Å²) in [5, 5.41) is 2.80. The molecular weight excluding hydrogens is 486 g/mol. The molecule has 0 bridgehead atoms. The smallest absolute Gasteiger partial charge is 0.267 e. The fourth-order valence-corrected chi connectivity index (χ4v) is 4.52. The minimum Gasteiger partial charge on any atom is -0.494 e. The molecule has 2 aliphatic rings. The summed E-state index contributed by atoms with van der Waals surface area (Å²) in [5.41, 5.74) is 1.74. The third kappa shape index (κ3) is 5.08. The SMILES string of the molecule is CC1Oc2ccc(NC(=O)CCN3C(=O)c4ccccc4C3=O)cc2N(CCCOc2ccccc2)C1=O. The van der Waals surface area contributed by atoms with E-state index in [2.05, 4.69) is 5.32 Å². The van der Waals surface area contributed by atoms with Crippen molar-refractivity contribution < 1.29 is 28.7 Å². The molecule has 0 saturated carbocycles. The zero-order valence-electron chi connectivity index (χ0n) is 20.9. The van der Waals surface area contributed by atoms with Crippen LogP contribution in [0, 0.1) is 0 Å². The topological polar surface area (TPSA) is 105 Å². The molecule has 1 N–H and O–H groups in total. The Labute approximate surface area is 219 Å². The average Bonchev–Trinajstić information content (AvgIpc) is 3.17. The average molecular weight is 514 g/mol. The summed E-state index contributed by atoms with van der Waals surface area (Å²) in [6.07, 6.45) is -0.0863. The van der Waals surface area contributed by atoms with Crippen LogP contribution >= 0.6 is 0 Å². The van der Waals surface area contributed by atoms with Gasteiger partial charge in [-0.3, -0.25) is 24.1 Å². The van der Waals surface area contributed by atoms with Gasteiger partial charge in [-0.05, 0) is 55.8 Å². The third-order valence-electron chi connectivity index (χ3n) is 6.43. The third-order valence-corrected chi connectivity index (χ3v) is 6.43. The van der Waals surface area contributed by atoms with E-state index in [0.717, 1.165) is 10.6 Å². The van der Waals surface area contributed by atoms with Crippen molar-refractivity contribution in [2.45, 2.75) is 25.9 Å². The molecule has 0 saturated heterocycles. The molecule has 38 heavy (non-hydrogen) atoms. The zero-order chi connectivity index (χ0) is 26.6. The van der Waals surface area contributed by atoms with E-state index < -0.39 is 17.9 Å². The largest absolute Gasteiger partial charge is 0.494 e. The Kier molecular flexibility index (Phi) is 7.08. The van der Waals surface area contributed by atoms with Crippen molar-refractivity contribution in [3.05, 3.63) is 83.9 Å². The number of nitrogens with one attached hydrogen (secondary N) is 1. The van der Waals surface area contributed by atoms with Gasteiger partial charge in [0.2, 0.25) is 5.91 Å². The molecule has 0 spiro atoms. The van der Waals surface area contributed by atoms with Gasteiger partial charge >= 0.3 is 0 Å². The molecule has 3 aromatic rings. The highest BCUT2D eigenvalue weighted by atomic mass is 16.5. The van der Waals surface area contributed by atoms with E-state index in [0.29, 0.717) is 47.8 Å². The summed E-state index contributed by atoms with van der Waals surface area (Å²) < 4.78 is 11.5. The Bertz CT molecular complexity index is 1360. The first-order chi connectivity index (χ1) is 18.4. The number of benzene rings is 3. The van der Waals surface area contributed by atoms with Crippen LogP contribution in [0.1, 0.15) is 40.5 Å². The summed E-state index contributed by atoms with van der Waals surface area (Å²) in [4.78, 5) is 53.4. The molecule has 3 aromatic carbocycles. The van der Waals surface area contributed by atoms with Gasteiger partial charge < -0.3 is 19.7 Å². The summed E-state index contributed by atoms with van der Waals surface area (Å²) in [6.45, 7) is 2.53. The van der Waals surface area contributed by atoms with Crippen molar-refractivity contribution in [1.29, 1.82) is 0 Å². The highest BCUT2D eigenvalue weighted by Crippen LogP contribution is 2.36. The van der Waals surface area contributed by atoms with Crippen LogP contribution < -0.4 is 19.7 Å².